The van der Waals surface area contributed by atoms with E-state index in [-0.39, 0.29) is 17.5 Å². The molecular weight excluding hydrogens is 418 g/mol. The third kappa shape index (κ3) is 4.15. The van der Waals surface area contributed by atoms with Crippen molar-refractivity contribution in [3.05, 3.63) is 63.2 Å². The summed E-state index contributed by atoms with van der Waals surface area (Å²) in [5.74, 6) is 0.941. The number of aromatic amines is 1. The number of nitrogens with zero attached hydrogens (tertiary/aromatic N) is 4. The predicted molar refractivity (Wildman–Crippen MR) is 125 cm³/mol. The van der Waals surface area contributed by atoms with Crippen LogP contribution in [0.15, 0.2) is 35.1 Å². The number of H-pyrrole nitrogens is 1. The highest BCUT2D eigenvalue weighted by Gasteiger charge is 2.28. The summed E-state index contributed by atoms with van der Waals surface area (Å²) in [6.45, 7) is 4.65. The second-order valence-electron chi connectivity index (χ2n) is 9.00. The Morgan fingerprint density at radius 3 is 2.94 bits per heavy atom. The highest BCUT2D eigenvalue weighted by molar-refractivity contribution is 5.76. The minimum atomic E-state index is -0.0926. The van der Waals surface area contributed by atoms with Crippen molar-refractivity contribution in [2.75, 3.05) is 20.2 Å². The zero-order chi connectivity index (χ0) is 22.9. The van der Waals surface area contributed by atoms with Gasteiger partial charge in [-0.2, -0.15) is 0 Å². The van der Waals surface area contributed by atoms with Gasteiger partial charge in [0.1, 0.15) is 5.75 Å². The molecule has 0 radical (unpaired) electrons. The van der Waals surface area contributed by atoms with Gasteiger partial charge in [0.2, 0.25) is 5.91 Å². The molecular formula is C25H31N5O3. The molecule has 8 heteroatoms. The monoisotopic (exact) mass is 449 g/mol. The maximum Gasteiger partial charge on any atom is 0.277 e. The second kappa shape index (κ2) is 9.02. The van der Waals surface area contributed by atoms with Crippen LogP contribution in [0.4, 0.5) is 0 Å². The SMILES string of the molecule is CCC(=O)N1CCc2nc3cc(C4CCCCN4Cc4cccc(OC)c4)[nH]n3c(=O)c2C1. The van der Waals surface area contributed by atoms with Crippen molar-refractivity contribution >= 4 is 11.6 Å². The van der Waals surface area contributed by atoms with E-state index in [9.17, 15) is 9.59 Å². The molecule has 0 spiro atoms. The predicted octanol–water partition coefficient (Wildman–Crippen LogP) is 3.05. The highest BCUT2D eigenvalue weighted by atomic mass is 16.5. The molecule has 4 heterocycles. The Kier molecular flexibility index (Phi) is 5.93. The molecule has 33 heavy (non-hydrogen) atoms. The van der Waals surface area contributed by atoms with Crippen LogP contribution in [0.1, 0.15) is 61.2 Å². The number of methoxy groups -OCH3 is 1. The van der Waals surface area contributed by atoms with Crippen LogP contribution in [0.3, 0.4) is 0 Å². The first-order valence-electron chi connectivity index (χ1n) is 11.9. The average molecular weight is 450 g/mol. The molecule has 1 unspecified atom stereocenters. The Hall–Kier alpha value is -3.13. The van der Waals surface area contributed by atoms with E-state index in [1.165, 1.54) is 5.56 Å². The molecule has 3 aromatic rings. The summed E-state index contributed by atoms with van der Waals surface area (Å²) >= 11 is 0. The highest BCUT2D eigenvalue weighted by Crippen LogP contribution is 2.32. The van der Waals surface area contributed by atoms with Gasteiger partial charge in [0.15, 0.2) is 5.65 Å². The standard InChI is InChI=1S/C25H31N5O3/c1-3-24(31)29-12-10-20-19(16-29)25(32)30-23(26-20)14-21(27-30)22-9-4-5-11-28(22)15-17-7-6-8-18(13-17)33-2/h6-8,13-14,22,27H,3-5,9-12,15-16H2,1-2H3. The Morgan fingerprint density at radius 2 is 2.12 bits per heavy atom. The summed E-state index contributed by atoms with van der Waals surface area (Å²) < 4.78 is 6.95. The fraction of sp³-hybridized carbons (Fsp3) is 0.480. The summed E-state index contributed by atoms with van der Waals surface area (Å²) in [6, 6.07) is 10.4. The van der Waals surface area contributed by atoms with E-state index < -0.39 is 0 Å². The molecule has 5 rings (SSSR count). The topological polar surface area (TPSA) is 82.9 Å². The van der Waals surface area contributed by atoms with Crippen LogP contribution in [0.2, 0.25) is 0 Å². The minimum absolute atomic E-state index is 0.0766. The van der Waals surface area contributed by atoms with E-state index in [0.29, 0.717) is 37.1 Å². The molecule has 1 saturated heterocycles. The van der Waals surface area contributed by atoms with Crippen LogP contribution < -0.4 is 10.3 Å². The number of hydrogen-bond acceptors (Lipinski definition) is 5. The molecule has 1 amide bonds. The summed E-state index contributed by atoms with van der Waals surface area (Å²) in [7, 11) is 1.69. The van der Waals surface area contributed by atoms with Crippen LogP contribution in [-0.2, 0) is 24.3 Å². The van der Waals surface area contributed by atoms with Crippen LogP contribution >= 0.6 is 0 Å². The molecule has 1 aromatic carbocycles. The lowest BCUT2D eigenvalue weighted by atomic mass is 9.98. The van der Waals surface area contributed by atoms with E-state index in [1.54, 1.807) is 16.5 Å². The average Bonchev–Trinajstić information content (AvgIpc) is 3.28. The van der Waals surface area contributed by atoms with Crippen LogP contribution in [0.25, 0.3) is 5.65 Å². The lowest BCUT2D eigenvalue weighted by Gasteiger charge is -2.35. The fourth-order valence-corrected chi connectivity index (χ4v) is 5.14. The molecule has 2 aliphatic rings. The number of aromatic nitrogens is 3. The van der Waals surface area contributed by atoms with Gasteiger partial charge >= 0.3 is 0 Å². The third-order valence-corrected chi connectivity index (χ3v) is 6.93. The Labute approximate surface area is 193 Å². The number of likely N-dealkylation sites (tertiary alicyclic amines) is 1. The molecule has 0 bridgehead atoms. The molecule has 2 aromatic heterocycles. The van der Waals surface area contributed by atoms with Gasteiger partial charge in [-0.25, -0.2) is 9.50 Å². The van der Waals surface area contributed by atoms with Crippen molar-refractivity contribution in [2.24, 2.45) is 0 Å². The van der Waals surface area contributed by atoms with Crippen molar-refractivity contribution in [1.82, 2.24) is 24.4 Å². The molecule has 8 nitrogen and oxygen atoms in total. The summed E-state index contributed by atoms with van der Waals surface area (Å²) in [5.41, 5.74) is 4.25. The van der Waals surface area contributed by atoms with E-state index >= 15 is 0 Å². The zero-order valence-corrected chi connectivity index (χ0v) is 19.3. The van der Waals surface area contributed by atoms with Crippen LogP contribution in [0, 0.1) is 0 Å². The van der Waals surface area contributed by atoms with E-state index in [1.807, 2.05) is 25.1 Å². The van der Waals surface area contributed by atoms with E-state index in [0.717, 1.165) is 49.5 Å². The summed E-state index contributed by atoms with van der Waals surface area (Å²) in [4.78, 5) is 34.5. The Morgan fingerprint density at radius 1 is 1.24 bits per heavy atom. The first kappa shape index (κ1) is 21.7. The minimum Gasteiger partial charge on any atom is -0.497 e. The largest absolute Gasteiger partial charge is 0.497 e. The number of amides is 1. The molecule has 1 atom stereocenters. The number of carbonyl (C=O) groups is 1. The molecule has 174 valence electrons. The number of rotatable bonds is 5. The first-order valence-corrected chi connectivity index (χ1v) is 11.9. The lowest BCUT2D eigenvalue weighted by Crippen LogP contribution is -2.40. The van der Waals surface area contributed by atoms with Gasteiger partial charge in [0, 0.05) is 32.0 Å². The van der Waals surface area contributed by atoms with Gasteiger partial charge in [-0.3, -0.25) is 19.6 Å². The van der Waals surface area contributed by atoms with Gasteiger partial charge in [-0.05, 0) is 37.1 Å². The first-order chi connectivity index (χ1) is 16.1. The van der Waals surface area contributed by atoms with Crippen molar-refractivity contribution < 1.29 is 9.53 Å². The van der Waals surface area contributed by atoms with Crippen molar-refractivity contribution in [1.29, 1.82) is 0 Å². The fourth-order valence-electron chi connectivity index (χ4n) is 5.14. The van der Waals surface area contributed by atoms with Gasteiger partial charge in [0.05, 0.1) is 36.6 Å². The number of benzene rings is 1. The Bertz CT molecular complexity index is 1230. The van der Waals surface area contributed by atoms with E-state index in [2.05, 4.69) is 22.1 Å². The molecule has 1 fully saturated rings. The van der Waals surface area contributed by atoms with Gasteiger partial charge < -0.3 is 9.64 Å². The summed E-state index contributed by atoms with van der Waals surface area (Å²) in [5, 5.41) is 3.35. The zero-order valence-electron chi connectivity index (χ0n) is 19.3. The second-order valence-corrected chi connectivity index (χ2v) is 9.00. The van der Waals surface area contributed by atoms with Gasteiger partial charge in [-0.1, -0.05) is 25.5 Å². The molecule has 1 N–H and O–H groups in total. The third-order valence-electron chi connectivity index (χ3n) is 6.93. The van der Waals surface area contributed by atoms with Crippen molar-refractivity contribution in [3.8, 4) is 5.75 Å². The smallest absolute Gasteiger partial charge is 0.277 e. The summed E-state index contributed by atoms with van der Waals surface area (Å²) in [6.07, 6.45) is 4.42. The Balaban J connectivity index is 1.45. The quantitative estimate of drug-likeness (QED) is 0.647. The maximum absolute atomic E-state index is 13.3. The van der Waals surface area contributed by atoms with Gasteiger partial charge in [0.25, 0.3) is 5.56 Å². The van der Waals surface area contributed by atoms with E-state index in [4.69, 9.17) is 9.72 Å². The van der Waals surface area contributed by atoms with Crippen molar-refractivity contribution in [2.45, 2.75) is 58.2 Å². The number of hydrogen-bond donors (Lipinski definition) is 1. The van der Waals surface area contributed by atoms with Crippen LogP contribution in [-0.4, -0.2) is 50.5 Å². The number of carbonyl (C=O) groups excluding carboxylic acids is 1. The van der Waals surface area contributed by atoms with Crippen molar-refractivity contribution in [3.63, 3.8) is 0 Å². The van der Waals surface area contributed by atoms with Gasteiger partial charge in [-0.15, -0.1) is 0 Å². The number of nitrogens with one attached hydrogen (secondary N) is 1. The maximum atomic E-state index is 13.3. The molecule has 2 aliphatic heterocycles. The number of fused-ring (bicyclic) bond motifs is 2. The number of ether oxygens (including phenoxy) is 1. The molecule has 0 saturated carbocycles. The van der Waals surface area contributed by atoms with Crippen LogP contribution in [0.5, 0.6) is 5.75 Å². The lowest BCUT2D eigenvalue weighted by molar-refractivity contribution is -0.131. The normalized spacial score (nSPS) is 19.0. The molecule has 0 aliphatic carbocycles. The number of piperidine rings is 1.